The van der Waals surface area contributed by atoms with Crippen LogP contribution in [0.2, 0.25) is 0 Å². The zero-order valence-corrected chi connectivity index (χ0v) is 18.1. The van der Waals surface area contributed by atoms with Crippen molar-refractivity contribution in [3.8, 4) is 11.3 Å². The van der Waals surface area contributed by atoms with E-state index in [0.29, 0.717) is 12.1 Å². The molecule has 0 atom stereocenters. The summed E-state index contributed by atoms with van der Waals surface area (Å²) in [7, 11) is 0. The number of ketones is 1. The average Bonchev–Trinajstić information content (AvgIpc) is 3.22. The monoisotopic (exact) mass is 402 g/mol. The number of pyridine rings is 1. The van der Waals surface area contributed by atoms with E-state index in [-0.39, 0.29) is 5.78 Å². The summed E-state index contributed by atoms with van der Waals surface area (Å²) >= 11 is 0. The minimum Gasteiger partial charge on any atom is -0.342 e. The van der Waals surface area contributed by atoms with E-state index in [0.717, 1.165) is 65.8 Å². The first-order valence-corrected chi connectivity index (χ1v) is 10.7. The van der Waals surface area contributed by atoms with E-state index in [2.05, 4.69) is 44.2 Å². The summed E-state index contributed by atoms with van der Waals surface area (Å²) in [6.45, 7) is 5.68. The predicted octanol–water partition coefficient (Wildman–Crippen LogP) is 5.99. The number of carbonyl (C=O) groups excluding carboxylic acids is 1. The minimum atomic E-state index is 0.143. The van der Waals surface area contributed by atoms with Gasteiger partial charge in [-0.1, -0.05) is 31.1 Å². The van der Waals surface area contributed by atoms with Crippen LogP contribution >= 0.6 is 0 Å². The standard InChI is InChI=1S/C25H30N4O/c1-4-15-26-19(3)24(30)9-7-5-6-8-10-25-27-17-23(29-25)21-13-14-22-20(16-21)12-11-18(2)28-22/h4,11-17H,5-10H2,1-3H3,(H,27,29)/b15-4-,26-19+. The predicted molar refractivity (Wildman–Crippen MR) is 124 cm³/mol. The highest BCUT2D eigenvalue weighted by Crippen LogP contribution is 2.23. The first-order chi connectivity index (χ1) is 14.6. The van der Waals surface area contributed by atoms with E-state index in [9.17, 15) is 4.79 Å². The molecule has 0 fully saturated rings. The summed E-state index contributed by atoms with van der Waals surface area (Å²) in [4.78, 5) is 28.6. The second-order valence-electron chi connectivity index (χ2n) is 7.64. The quantitative estimate of drug-likeness (QED) is 0.334. The molecule has 5 heteroatoms. The van der Waals surface area contributed by atoms with Crippen LogP contribution in [-0.2, 0) is 11.2 Å². The van der Waals surface area contributed by atoms with Crippen molar-refractivity contribution in [2.24, 2.45) is 4.99 Å². The largest absolute Gasteiger partial charge is 0.342 e. The number of rotatable bonds is 10. The third-order valence-electron chi connectivity index (χ3n) is 5.16. The molecule has 2 heterocycles. The van der Waals surface area contributed by atoms with E-state index < -0.39 is 0 Å². The number of imidazole rings is 1. The number of aromatic amines is 1. The Kier molecular flexibility index (Phi) is 7.66. The number of unbranched alkanes of at least 4 members (excludes halogenated alkanes) is 3. The molecule has 0 bridgehead atoms. The van der Waals surface area contributed by atoms with Gasteiger partial charge in [-0.15, -0.1) is 0 Å². The number of aryl methyl sites for hydroxylation is 2. The van der Waals surface area contributed by atoms with E-state index in [1.165, 1.54) is 0 Å². The summed E-state index contributed by atoms with van der Waals surface area (Å²) in [5.41, 5.74) is 4.80. The minimum absolute atomic E-state index is 0.143. The molecule has 5 nitrogen and oxygen atoms in total. The highest BCUT2D eigenvalue weighted by molar-refractivity contribution is 6.39. The molecule has 1 N–H and O–H groups in total. The van der Waals surface area contributed by atoms with Gasteiger partial charge in [-0.05, 0) is 51.8 Å². The number of aromatic nitrogens is 3. The normalized spacial score (nSPS) is 12.2. The number of carbonyl (C=O) groups is 1. The number of fused-ring (bicyclic) bond motifs is 1. The van der Waals surface area contributed by atoms with Crippen LogP contribution in [-0.4, -0.2) is 26.4 Å². The van der Waals surface area contributed by atoms with Crippen LogP contribution in [0.4, 0.5) is 0 Å². The van der Waals surface area contributed by atoms with Crippen LogP contribution in [0.3, 0.4) is 0 Å². The van der Waals surface area contributed by atoms with Crippen molar-refractivity contribution in [1.29, 1.82) is 0 Å². The highest BCUT2D eigenvalue weighted by atomic mass is 16.1. The number of hydrogen-bond donors (Lipinski definition) is 1. The van der Waals surface area contributed by atoms with E-state index in [4.69, 9.17) is 0 Å². The Morgan fingerprint density at radius 2 is 1.97 bits per heavy atom. The second kappa shape index (κ2) is 10.6. The van der Waals surface area contributed by atoms with Crippen LogP contribution in [0.15, 0.2) is 53.8 Å². The molecule has 1 aromatic carbocycles. The van der Waals surface area contributed by atoms with Crippen molar-refractivity contribution < 1.29 is 4.79 Å². The molecule has 0 radical (unpaired) electrons. The number of aliphatic imine (C=N–C) groups is 1. The number of nitrogens with one attached hydrogen (secondary N) is 1. The molecule has 2 aromatic heterocycles. The molecule has 3 aromatic rings. The summed E-state index contributed by atoms with van der Waals surface area (Å²) in [5, 5.41) is 1.13. The van der Waals surface area contributed by atoms with E-state index >= 15 is 0 Å². The fourth-order valence-electron chi connectivity index (χ4n) is 3.40. The molecule has 3 rings (SSSR count). The Morgan fingerprint density at radius 1 is 1.13 bits per heavy atom. The Labute approximate surface area is 178 Å². The number of Topliss-reactive ketones (excluding diaryl/α,β-unsaturated/α-hetero) is 1. The van der Waals surface area contributed by atoms with Gasteiger partial charge >= 0.3 is 0 Å². The molecule has 156 valence electrons. The van der Waals surface area contributed by atoms with E-state index in [1.54, 1.807) is 13.1 Å². The molecule has 0 aliphatic rings. The van der Waals surface area contributed by atoms with Gasteiger partial charge in [0.2, 0.25) is 0 Å². The van der Waals surface area contributed by atoms with Crippen LogP contribution in [0.25, 0.3) is 22.2 Å². The summed E-state index contributed by atoms with van der Waals surface area (Å²) in [6.07, 6.45) is 11.0. The Balaban J connectivity index is 1.44. The van der Waals surface area contributed by atoms with Crippen molar-refractivity contribution in [2.45, 2.75) is 59.3 Å². The van der Waals surface area contributed by atoms with Gasteiger partial charge in [-0.3, -0.25) is 14.8 Å². The van der Waals surface area contributed by atoms with Crippen molar-refractivity contribution >= 4 is 22.4 Å². The molecule has 0 unspecified atom stereocenters. The second-order valence-corrected chi connectivity index (χ2v) is 7.64. The maximum absolute atomic E-state index is 12.0. The Hall–Kier alpha value is -3.08. The van der Waals surface area contributed by atoms with Gasteiger partial charge in [0.1, 0.15) is 5.82 Å². The molecular formula is C25H30N4O. The first-order valence-electron chi connectivity index (χ1n) is 10.7. The fraction of sp³-hybridized carbons (Fsp3) is 0.360. The number of benzene rings is 1. The van der Waals surface area contributed by atoms with E-state index in [1.807, 2.05) is 32.2 Å². The smallest absolute Gasteiger partial charge is 0.176 e. The van der Waals surface area contributed by atoms with Gasteiger partial charge in [-0.25, -0.2) is 4.98 Å². The Bertz CT molecular complexity index is 1060. The lowest BCUT2D eigenvalue weighted by Gasteiger charge is -2.03. The molecule has 30 heavy (non-hydrogen) atoms. The third kappa shape index (κ3) is 5.96. The van der Waals surface area contributed by atoms with Gasteiger partial charge < -0.3 is 4.98 Å². The molecule has 0 aliphatic heterocycles. The molecular weight excluding hydrogens is 372 g/mol. The summed E-state index contributed by atoms with van der Waals surface area (Å²) in [6, 6.07) is 10.4. The zero-order chi connectivity index (χ0) is 21.3. The van der Waals surface area contributed by atoms with Gasteiger partial charge in [-0.2, -0.15) is 0 Å². The van der Waals surface area contributed by atoms with Crippen LogP contribution in [0, 0.1) is 6.92 Å². The number of allylic oxidation sites excluding steroid dienone is 1. The highest BCUT2D eigenvalue weighted by Gasteiger charge is 2.07. The number of nitrogens with zero attached hydrogens (tertiary/aromatic N) is 3. The molecule has 0 spiro atoms. The number of H-pyrrole nitrogens is 1. The van der Waals surface area contributed by atoms with Crippen LogP contribution in [0.5, 0.6) is 0 Å². The Morgan fingerprint density at radius 3 is 2.80 bits per heavy atom. The van der Waals surface area contributed by atoms with Crippen molar-refractivity contribution in [3.63, 3.8) is 0 Å². The zero-order valence-electron chi connectivity index (χ0n) is 18.1. The lowest BCUT2D eigenvalue weighted by molar-refractivity contribution is -0.113. The average molecular weight is 403 g/mol. The topological polar surface area (TPSA) is 71.0 Å². The van der Waals surface area contributed by atoms with Crippen molar-refractivity contribution in [1.82, 2.24) is 15.0 Å². The lowest BCUT2D eigenvalue weighted by atomic mass is 10.1. The first kappa shape index (κ1) is 21.6. The fourth-order valence-corrected chi connectivity index (χ4v) is 3.40. The van der Waals surface area contributed by atoms with Gasteiger partial charge in [0, 0.05) is 35.7 Å². The van der Waals surface area contributed by atoms with Crippen molar-refractivity contribution in [3.05, 3.63) is 60.3 Å². The SMILES string of the molecule is C/C=C\N=C(/C)C(=O)CCCCCCc1ncc(-c2ccc3nc(C)ccc3c2)[nH]1. The number of hydrogen-bond acceptors (Lipinski definition) is 4. The maximum Gasteiger partial charge on any atom is 0.176 e. The molecule has 0 saturated carbocycles. The maximum atomic E-state index is 12.0. The summed E-state index contributed by atoms with van der Waals surface area (Å²) in [5.74, 6) is 1.15. The molecule has 0 amide bonds. The van der Waals surface area contributed by atoms with Gasteiger partial charge in [0.15, 0.2) is 5.78 Å². The van der Waals surface area contributed by atoms with Gasteiger partial charge in [0.05, 0.1) is 23.1 Å². The van der Waals surface area contributed by atoms with Crippen LogP contribution < -0.4 is 0 Å². The third-order valence-corrected chi connectivity index (χ3v) is 5.16. The van der Waals surface area contributed by atoms with Crippen LogP contribution in [0.1, 0.15) is 57.5 Å². The lowest BCUT2D eigenvalue weighted by Crippen LogP contribution is -2.09. The van der Waals surface area contributed by atoms with Gasteiger partial charge in [0.25, 0.3) is 0 Å². The molecule has 0 saturated heterocycles. The van der Waals surface area contributed by atoms with Crippen molar-refractivity contribution in [2.75, 3.05) is 0 Å². The summed E-state index contributed by atoms with van der Waals surface area (Å²) < 4.78 is 0. The molecule has 0 aliphatic carbocycles.